The van der Waals surface area contributed by atoms with Gasteiger partial charge in [-0.3, -0.25) is 4.79 Å². The van der Waals surface area contributed by atoms with E-state index in [0.29, 0.717) is 18.0 Å². The Morgan fingerprint density at radius 3 is 2.60 bits per heavy atom. The first kappa shape index (κ1) is 16.0. The molecule has 0 unspecified atom stereocenters. The third-order valence-corrected chi connectivity index (χ3v) is 2.40. The van der Waals surface area contributed by atoms with E-state index in [0.717, 1.165) is 0 Å². The number of hydrogen-bond donors (Lipinski definition) is 2. The van der Waals surface area contributed by atoms with E-state index in [1.807, 2.05) is 13.8 Å². The third kappa shape index (κ3) is 4.89. The molecule has 0 fully saturated rings. The number of rotatable bonds is 7. The summed E-state index contributed by atoms with van der Waals surface area (Å²) in [7, 11) is 1.51. The van der Waals surface area contributed by atoms with Crippen LogP contribution in [0.5, 0.6) is 5.75 Å². The zero-order valence-corrected chi connectivity index (χ0v) is 11.8. The first-order valence-electron chi connectivity index (χ1n) is 6.26. The first-order chi connectivity index (χ1) is 9.43. The van der Waals surface area contributed by atoms with Gasteiger partial charge in [0, 0.05) is 7.11 Å². The second kappa shape index (κ2) is 7.49. The lowest BCUT2D eigenvalue weighted by molar-refractivity contribution is -0.117. The Kier molecular flexibility index (Phi) is 5.99. The van der Waals surface area contributed by atoms with Gasteiger partial charge >= 0.3 is 5.97 Å². The van der Waals surface area contributed by atoms with Crippen molar-refractivity contribution < 1.29 is 24.2 Å². The van der Waals surface area contributed by atoms with Crippen LogP contribution in [0.3, 0.4) is 0 Å². The van der Waals surface area contributed by atoms with Crippen LogP contribution in [0.25, 0.3) is 0 Å². The van der Waals surface area contributed by atoms with Crippen molar-refractivity contribution in [1.82, 2.24) is 0 Å². The minimum atomic E-state index is -1.06. The van der Waals surface area contributed by atoms with E-state index in [1.54, 1.807) is 0 Å². The largest absolute Gasteiger partial charge is 0.489 e. The van der Waals surface area contributed by atoms with Gasteiger partial charge in [0.15, 0.2) is 0 Å². The zero-order chi connectivity index (χ0) is 15.1. The molecule has 1 aromatic carbocycles. The molecule has 0 aliphatic heterocycles. The van der Waals surface area contributed by atoms with Crippen molar-refractivity contribution in [2.24, 2.45) is 0 Å². The maximum Gasteiger partial charge on any atom is 0.335 e. The Balaban J connectivity index is 2.95. The average molecular weight is 281 g/mol. The highest BCUT2D eigenvalue weighted by atomic mass is 16.5. The fourth-order valence-corrected chi connectivity index (χ4v) is 1.52. The van der Waals surface area contributed by atoms with Gasteiger partial charge in [0.2, 0.25) is 5.91 Å². The monoisotopic (exact) mass is 281 g/mol. The van der Waals surface area contributed by atoms with E-state index in [-0.39, 0.29) is 24.0 Å². The molecule has 0 aliphatic rings. The quantitative estimate of drug-likeness (QED) is 0.800. The number of benzene rings is 1. The summed E-state index contributed by atoms with van der Waals surface area (Å²) in [5.41, 5.74) is 0.433. The molecular weight excluding hydrogens is 262 g/mol. The predicted molar refractivity (Wildman–Crippen MR) is 74.3 cm³/mol. The van der Waals surface area contributed by atoms with E-state index in [2.05, 4.69) is 5.32 Å². The first-order valence-corrected chi connectivity index (χ1v) is 6.26. The number of hydrogen-bond acceptors (Lipinski definition) is 4. The van der Waals surface area contributed by atoms with E-state index in [9.17, 15) is 9.59 Å². The van der Waals surface area contributed by atoms with Crippen LogP contribution in [0.1, 0.15) is 30.6 Å². The highest BCUT2D eigenvalue weighted by molar-refractivity contribution is 5.95. The Morgan fingerprint density at radius 2 is 2.05 bits per heavy atom. The lowest BCUT2D eigenvalue weighted by atomic mass is 10.2. The average Bonchev–Trinajstić information content (AvgIpc) is 2.37. The Hall–Kier alpha value is -2.08. The van der Waals surface area contributed by atoms with Crippen molar-refractivity contribution >= 4 is 17.6 Å². The Labute approximate surface area is 117 Å². The molecule has 0 saturated heterocycles. The minimum Gasteiger partial charge on any atom is -0.489 e. The Bertz CT molecular complexity index is 484. The van der Waals surface area contributed by atoms with Crippen molar-refractivity contribution in [2.45, 2.75) is 26.4 Å². The normalized spacial score (nSPS) is 10.4. The molecule has 0 atom stereocenters. The van der Waals surface area contributed by atoms with Gasteiger partial charge in [-0.15, -0.1) is 0 Å². The van der Waals surface area contributed by atoms with Crippen LogP contribution in [-0.4, -0.2) is 36.8 Å². The van der Waals surface area contributed by atoms with Gasteiger partial charge in [0.1, 0.15) is 5.75 Å². The summed E-state index contributed by atoms with van der Waals surface area (Å²) in [6.07, 6.45) is 0.106. The molecular formula is C14H19NO5. The molecule has 1 amide bonds. The van der Waals surface area contributed by atoms with Crippen LogP contribution in [0.15, 0.2) is 18.2 Å². The molecule has 1 rings (SSSR count). The number of carboxylic acid groups (broad SMARTS) is 1. The number of carbonyl (C=O) groups is 2. The number of carboxylic acids is 1. The number of nitrogens with one attached hydrogen (secondary N) is 1. The molecule has 6 nitrogen and oxygen atoms in total. The molecule has 6 heteroatoms. The fourth-order valence-electron chi connectivity index (χ4n) is 1.52. The minimum absolute atomic E-state index is 0.0831. The van der Waals surface area contributed by atoms with Gasteiger partial charge in [0.05, 0.1) is 30.4 Å². The molecule has 0 heterocycles. The third-order valence-electron chi connectivity index (χ3n) is 2.40. The Morgan fingerprint density at radius 1 is 1.35 bits per heavy atom. The van der Waals surface area contributed by atoms with E-state index in [4.69, 9.17) is 14.6 Å². The molecule has 1 aromatic rings. The summed E-state index contributed by atoms with van der Waals surface area (Å²) < 4.78 is 10.4. The number of ether oxygens (including phenoxy) is 2. The second-order valence-electron chi connectivity index (χ2n) is 4.47. The second-order valence-corrected chi connectivity index (χ2v) is 4.47. The predicted octanol–water partition coefficient (Wildman–Crippen LogP) is 2.15. The SMILES string of the molecule is COCCC(=O)Nc1cc(C(=O)O)ccc1OC(C)C. The highest BCUT2D eigenvalue weighted by Gasteiger charge is 2.13. The zero-order valence-electron chi connectivity index (χ0n) is 11.8. The van der Waals surface area contributed by atoms with Crippen molar-refractivity contribution in [1.29, 1.82) is 0 Å². The van der Waals surface area contributed by atoms with Gasteiger partial charge in [-0.25, -0.2) is 4.79 Å². The molecule has 20 heavy (non-hydrogen) atoms. The van der Waals surface area contributed by atoms with Crippen LogP contribution in [0, 0.1) is 0 Å². The fraction of sp³-hybridized carbons (Fsp3) is 0.429. The maximum atomic E-state index is 11.7. The molecule has 0 aromatic heterocycles. The summed E-state index contributed by atoms with van der Waals surface area (Å²) in [6, 6.07) is 4.35. The summed E-state index contributed by atoms with van der Waals surface area (Å²) >= 11 is 0. The van der Waals surface area contributed by atoms with Gasteiger partial charge in [0.25, 0.3) is 0 Å². The summed E-state index contributed by atoms with van der Waals surface area (Å²) in [4.78, 5) is 22.7. The van der Waals surface area contributed by atoms with Crippen LogP contribution in [-0.2, 0) is 9.53 Å². The van der Waals surface area contributed by atoms with Crippen molar-refractivity contribution in [3.63, 3.8) is 0 Å². The number of carbonyl (C=O) groups excluding carboxylic acids is 1. The van der Waals surface area contributed by atoms with Gasteiger partial charge in [-0.1, -0.05) is 0 Å². The van der Waals surface area contributed by atoms with Crippen LogP contribution < -0.4 is 10.1 Å². The lowest BCUT2D eigenvalue weighted by Gasteiger charge is -2.15. The summed E-state index contributed by atoms with van der Waals surface area (Å²) in [5.74, 6) is -0.882. The standard InChI is InChI=1S/C14H19NO5/c1-9(2)20-12-5-4-10(14(17)18)8-11(12)15-13(16)6-7-19-3/h4-5,8-9H,6-7H2,1-3H3,(H,15,16)(H,17,18). The van der Waals surface area contributed by atoms with E-state index < -0.39 is 5.97 Å². The van der Waals surface area contributed by atoms with Gasteiger partial charge in [-0.2, -0.15) is 0 Å². The highest BCUT2D eigenvalue weighted by Crippen LogP contribution is 2.27. The topological polar surface area (TPSA) is 84.9 Å². The molecule has 0 spiro atoms. The molecule has 0 saturated carbocycles. The van der Waals surface area contributed by atoms with Crippen LogP contribution >= 0.6 is 0 Å². The number of amides is 1. The number of methoxy groups -OCH3 is 1. The van der Waals surface area contributed by atoms with Gasteiger partial charge in [-0.05, 0) is 32.0 Å². The van der Waals surface area contributed by atoms with Crippen molar-refractivity contribution in [2.75, 3.05) is 19.0 Å². The molecule has 0 bridgehead atoms. The molecule has 110 valence electrons. The summed E-state index contributed by atoms with van der Waals surface area (Å²) in [5, 5.41) is 11.6. The van der Waals surface area contributed by atoms with Crippen LogP contribution in [0.2, 0.25) is 0 Å². The van der Waals surface area contributed by atoms with Crippen LogP contribution in [0.4, 0.5) is 5.69 Å². The maximum absolute atomic E-state index is 11.7. The lowest BCUT2D eigenvalue weighted by Crippen LogP contribution is -2.16. The van der Waals surface area contributed by atoms with E-state index >= 15 is 0 Å². The van der Waals surface area contributed by atoms with Crippen molar-refractivity contribution in [3.05, 3.63) is 23.8 Å². The summed E-state index contributed by atoms with van der Waals surface area (Å²) in [6.45, 7) is 3.99. The van der Waals surface area contributed by atoms with Gasteiger partial charge < -0.3 is 19.9 Å². The number of anilines is 1. The molecule has 0 aliphatic carbocycles. The molecule has 2 N–H and O–H groups in total. The number of aromatic carboxylic acids is 1. The van der Waals surface area contributed by atoms with E-state index in [1.165, 1.54) is 25.3 Å². The van der Waals surface area contributed by atoms with Crippen molar-refractivity contribution in [3.8, 4) is 5.75 Å². The molecule has 0 radical (unpaired) electrons. The smallest absolute Gasteiger partial charge is 0.335 e.